The Kier molecular flexibility index (Phi) is 9.96. The van der Waals surface area contributed by atoms with Gasteiger partial charge in [0, 0.05) is 33.9 Å². The zero-order valence-corrected chi connectivity index (χ0v) is 18.6. The lowest BCUT2D eigenvalue weighted by Gasteiger charge is -2.27. The molecule has 2 aliphatic rings. The van der Waals surface area contributed by atoms with Gasteiger partial charge in [-0.25, -0.2) is 0 Å². The van der Waals surface area contributed by atoms with Crippen molar-refractivity contribution in [3.63, 3.8) is 0 Å². The van der Waals surface area contributed by atoms with Crippen molar-refractivity contribution < 1.29 is 9.00 Å². The van der Waals surface area contributed by atoms with Crippen LogP contribution in [0.15, 0.2) is 24.3 Å². The van der Waals surface area contributed by atoms with Crippen molar-refractivity contribution in [2.24, 2.45) is 11.8 Å². The van der Waals surface area contributed by atoms with Crippen LogP contribution in [0, 0.1) is 11.8 Å². The molecule has 1 aromatic carbocycles. The molecule has 0 radical (unpaired) electrons. The van der Waals surface area contributed by atoms with Crippen molar-refractivity contribution in [1.82, 2.24) is 5.32 Å². The van der Waals surface area contributed by atoms with Gasteiger partial charge in [-0.1, -0.05) is 38.3 Å². The normalized spacial score (nSPS) is 20.8. The number of piperidine rings is 1. The molecular weight excluding hydrogens is 392 g/mol. The third-order valence-electron chi connectivity index (χ3n) is 6.14. The van der Waals surface area contributed by atoms with E-state index in [-0.39, 0.29) is 18.3 Å². The smallest absolute Gasteiger partial charge is 0.224 e. The number of hydrogen-bond acceptors (Lipinski definition) is 3. The summed E-state index contributed by atoms with van der Waals surface area (Å²) < 4.78 is 12.6. The molecule has 1 aliphatic heterocycles. The lowest BCUT2D eigenvalue weighted by molar-refractivity contribution is -0.117. The first kappa shape index (κ1) is 23.4. The summed E-state index contributed by atoms with van der Waals surface area (Å²) >= 11 is 0. The third-order valence-corrected chi connectivity index (χ3v) is 7.97. The largest absolute Gasteiger partial charge is 0.326 e. The minimum absolute atomic E-state index is 0. The summed E-state index contributed by atoms with van der Waals surface area (Å²) in [6.07, 6.45) is 8.79. The second-order valence-electron chi connectivity index (χ2n) is 8.30. The zero-order chi connectivity index (χ0) is 19.1. The number of hydrogen-bond donors (Lipinski definition) is 2. The molecule has 2 unspecified atom stereocenters. The molecule has 0 spiro atoms. The Hall–Kier alpha value is -0.910. The second-order valence-corrected chi connectivity index (χ2v) is 10.0. The van der Waals surface area contributed by atoms with E-state index in [1.54, 1.807) is 0 Å². The summed E-state index contributed by atoms with van der Waals surface area (Å²) in [6, 6.07) is 7.90. The van der Waals surface area contributed by atoms with Crippen LogP contribution in [0.3, 0.4) is 0 Å². The van der Waals surface area contributed by atoms with Gasteiger partial charge in [-0.15, -0.1) is 12.4 Å². The fourth-order valence-corrected chi connectivity index (χ4v) is 6.04. The third kappa shape index (κ3) is 7.16. The predicted octanol–water partition coefficient (Wildman–Crippen LogP) is 4.65. The number of anilines is 1. The highest BCUT2D eigenvalue weighted by molar-refractivity contribution is 7.84. The van der Waals surface area contributed by atoms with Crippen LogP contribution in [0.1, 0.15) is 63.9 Å². The van der Waals surface area contributed by atoms with Crippen LogP contribution in [0.25, 0.3) is 0 Å². The van der Waals surface area contributed by atoms with Crippen LogP contribution < -0.4 is 10.6 Å². The fourth-order valence-electron chi connectivity index (χ4n) is 4.43. The maximum Gasteiger partial charge on any atom is 0.224 e. The first-order chi connectivity index (χ1) is 13.1. The van der Waals surface area contributed by atoms with Gasteiger partial charge < -0.3 is 10.6 Å². The van der Waals surface area contributed by atoms with E-state index in [1.165, 1.54) is 19.3 Å². The number of benzene rings is 1. The van der Waals surface area contributed by atoms with E-state index in [0.29, 0.717) is 29.3 Å². The molecular formula is C22H35ClN2O2S. The SMILES string of the molecule is CC(CC(=O)Nc1cccc(CS(=O)C2CCCCC2)c1)C1CCNCC1.Cl. The van der Waals surface area contributed by atoms with Crippen molar-refractivity contribution in [2.75, 3.05) is 18.4 Å². The quantitative estimate of drug-likeness (QED) is 0.666. The highest BCUT2D eigenvalue weighted by Gasteiger charge is 2.22. The molecule has 1 saturated carbocycles. The maximum atomic E-state index is 12.6. The maximum absolute atomic E-state index is 12.6. The van der Waals surface area contributed by atoms with Gasteiger partial charge >= 0.3 is 0 Å². The van der Waals surface area contributed by atoms with E-state index < -0.39 is 10.8 Å². The molecule has 4 nitrogen and oxygen atoms in total. The Morgan fingerprint density at radius 2 is 1.89 bits per heavy atom. The summed E-state index contributed by atoms with van der Waals surface area (Å²) in [5.41, 5.74) is 1.89. The van der Waals surface area contributed by atoms with Crippen molar-refractivity contribution in [2.45, 2.75) is 69.3 Å². The minimum Gasteiger partial charge on any atom is -0.326 e. The summed E-state index contributed by atoms with van der Waals surface area (Å²) in [4.78, 5) is 12.5. The van der Waals surface area contributed by atoms with Crippen LogP contribution >= 0.6 is 12.4 Å². The Bertz CT molecular complexity index is 643. The monoisotopic (exact) mass is 426 g/mol. The topological polar surface area (TPSA) is 58.2 Å². The predicted molar refractivity (Wildman–Crippen MR) is 120 cm³/mol. The molecule has 3 rings (SSSR count). The Balaban J connectivity index is 0.00000280. The molecule has 1 aromatic rings. The Morgan fingerprint density at radius 3 is 2.61 bits per heavy atom. The molecule has 158 valence electrons. The van der Waals surface area contributed by atoms with E-state index in [1.807, 2.05) is 24.3 Å². The average Bonchev–Trinajstić information content (AvgIpc) is 2.69. The van der Waals surface area contributed by atoms with E-state index in [9.17, 15) is 9.00 Å². The van der Waals surface area contributed by atoms with Crippen molar-refractivity contribution >= 4 is 34.8 Å². The number of carbonyl (C=O) groups is 1. The molecule has 1 saturated heterocycles. The van der Waals surface area contributed by atoms with Crippen molar-refractivity contribution in [3.05, 3.63) is 29.8 Å². The Labute approximate surface area is 178 Å². The minimum atomic E-state index is -0.810. The number of amides is 1. The average molecular weight is 427 g/mol. The fraction of sp³-hybridized carbons (Fsp3) is 0.682. The molecule has 2 atom stereocenters. The van der Waals surface area contributed by atoms with E-state index in [4.69, 9.17) is 0 Å². The molecule has 2 N–H and O–H groups in total. The van der Waals surface area contributed by atoms with Crippen molar-refractivity contribution in [1.29, 1.82) is 0 Å². The number of carbonyl (C=O) groups excluding carboxylic acids is 1. The lowest BCUT2D eigenvalue weighted by atomic mass is 9.84. The van der Waals surface area contributed by atoms with E-state index in [2.05, 4.69) is 17.6 Å². The van der Waals surface area contributed by atoms with Gasteiger partial charge in [0.05, 0.1) is 0 Å². The highest BCUT2D eigenvalue weighted by atomic mass is 35.5. The summed E-state index contributed by atoms with van der Waals surface area (Å²) in [5.74, 6) is 1.74. The van der Waals surface area contributed by atoms with Crippen LogP contribution in [-0.2, 0) is 21.3 Å². The number of halogens is 1. The van der Waals surface area contributed by atoms with Gasteiger partial charge in [0.1, 0.15) is 0 Å². The molecule has 6 heteroatoms. The molecule has 1 heterocycles. The van der Waals surface area contributed by atoms with E-state index >= 15 is 0 Å². The molecule has 0 bridgehead atoms. The van der Waals surface area contributed by atoms with Crippen LogP contribution in [-0.4, -0.2) is 28.5 Å². The lowest BCUT2D eigenvalue weighted by Crippen LogP contribution is -2.32. The second kappa shape index (κ2) is 11.9. The zero-order valence-electron chi connectivity index (χ0n) is 17.0. The molecule has 1 aliphatic carbocycles. The Morgan fingerprint density at radius 1 is 1.18 bits per heavy atom. The van der Waals surface area contributed by atoms with Gasteiger partial charge in [0.25, 0.3) is 0 Å². The molecule has 28 heavy (non-hydrogen) atoms. The number of nitrogens with one attached hydrogen (secondary N) is 2. The van der Waals surface area contributed by atoms with Gasteiger partial charge in [-0.3, -0.25) is 9.00 Å². The van der Waals surface area contributed by atoms with Crippen LogP contribution in [0.5, 0.6) is 0 Å². The summed E-state index contributed by atoms with van der Waals surface area (Å²) in [6.45, 7) is 4.33. The van der Waals surface area contributed by atoms with Crippen LogP contribution in [0.4, 0.5) is 5.69 Å². The first-order valence-corrected chi connectivity index (χ1v) is 12.0. The highest BCUT2D eigenvalue weighted by Crippen LogP contribution is 2.26. The standard InChI is InChI=1S/C22H34N2O2S.ClH/c1-17(19-10-12-23-13-11-19)14-22(25)24-20-7-5-6-18(15-20)16-27(26)21-8-3-2-4-9-21;/h5-7,15,17,19,21,23H,2-4,8-14,16H2,1H3,(H,24,25);1H. The van der Waals surface area contributed by atoms with Gasteiger partial charge in [0.15, 0.2) is 0 Å². The summed E-state index contributed by atoms with van der Waals surface area (Å²) in [5, 5.41) is 6.78. The van der Waals surface area contributed by atoms with Gasteiger partial charge in [-0.05, 0) is 68.3 Å². The van der Waals surface area contributed by atoms with Crippen molar-refractivity contribution in [3.8, 4) is 0 Å². The molecule has 2 fully saturated rings. The van der Waals surface area contributed by atoms with Gasteiger partial charge in [0.2, 0.25) is 5.91 Å². The van der Waals surface area contributed by atoms with E-state index in [0.717, 1.165) is 50.0 Å². The molecule has 1 amide bonds. The van der Waals surface area contributed by atoms with Gasteiger partial charge in [-0.2, -0.15) is 0 Å². The number of rotatable bonds is 7. The van der Waals surface area contributed by atoms with Crippen LogP contribution in [0.2, 0.25) is 0 Å². The molecule has 0 aromatic heterocycles. The summed E-state index contributed by atoms with van der Waals surface area (Å²) in [7, 11) is -0.810. The first-order valence-electron chi connectivity index (χ1n) is 10.6.